The van der Waals surface area contributed by atoms with E-state index in [2.05, 4.69) is 11.8 Å². The molecule has 4 heteroatoms. The van der Waals surface area contributed by atoms with Crippen LogP contribution >= 0.6 is 0 Å². The van der Waals surface area contributed by atoms with Gasteiger partial charge in [-0.05, 0) is 43.4 Å². The standard InChI is InChI=1S/C14H20N2O2/c1-10-3-2-7-16(8-6-10)13-5-4-11(15)9-12(13)14(17)18/h4-5,9-10H,2-3,6-8,15H2,1H3,(H,17,18). The van der Waals surface area contributed by atoms with Gasteiger partial charge >= 0.3 is 5.97 Å². The molecule has 2 rings (SSSR count). The van der Waals surface area contributed by atoms with Gasteiger partial charge < -0.3 is 15.7 Å². The number of carboxylic acid groups (broad SMARTS) is 1. The Hall–Kier alpha value is -1.71. The zero-order chi connectivity index (χ0) is 13.1. The van der Waals surface area contributed by atoms with E-state index in [0.29, 0.717) is 11.3 Å². The molecule has 0 bridgehead atoms. The molecule has 0 saturated carbocycles. The Morgan fingerprint density at radius 1 is 1.39 bits per heavy atom. The summed E-state index contributed by atoms with van der Waals surface area (Å²) in [5, 5.41) is 9.26. The third-order valence-corrected chi connectivity index (χ3v) is 3.61. The lowest BCUT2D eigenvalue weighted by Gasteiger charge is -2.24. The van der Waals surface area contributed by atoms with Crippen LogP contribution in [0, 0.1) is 5.92 Å². The number of nitrogens with zero attached hydrogens (tertiary/aromatic N) is 1. The number of nitrogens with two attached hydrogens (primary N) is 1. The number of anilines is 2. The largest absolute Gasteiger partial charge is 0.478 e. The summed E-state index contributed by atoms with van der Waals surface area (Å²) in [6, 6.07) is 5.15. The van der Waals surface area contributed by atoms with Gasteiger partial charge in [0.1, 0.15) is 0 Å². The second-order valence-electron chi connectivity index (χ2n) is 5.10. The average molecular weight is 248 g/mol. The van der Waals surface area contributed by atoms with Crippen LogP contribution in [0.3, 0.4) is 0 Å². The normalized spacial score (nSPS) is 20.5. The minimum atomic E-state index is -0.908. The van der Waals surface area contributed by atoms with Gasteiger partial charge in [-0.1, -0.05) is 6.92 Å². The quantitative estimate of drug-likeness (QED) is 0.789. The Morgan fingerprint density at radius 2 is 2.17 bits per heavy atom. The summed E-state index contributed by atoms with van der Waals surface area (Å²) in [5.74, 6) is -0.188. The van der Waals surface area contributed by atoms with Crippen molar-refractivity contribution in [3.05, 3.63) is 23.8 Å². The molecule has 0 aliphatic carbocycles. The Labute approximate surface area is 107 Å². The average Bonchev–Trinajstić information content (AvgIpc) is 2.54. The Kier molecular flexibility index (Phi) is 3.75. The third-order valence-electron chi connectivity index (χ3n) is 3.61. The van der Waals surface area contributed by atoms with Gasteiger partial charge in [-0.3, -0.25) is 0 Å². The van der Waals surface area contributed by atoms with Crippen LogP contribution in [-0.2, 0) is 0 Å². The zero-order valence-electron chi connectivity index (χ0n) is 10.7. The van der Waals surface area contributed by atoms with E-state index in [0.717, 1.165) is 37.5 Å². The lowest BCUT2D eigenvalue weighted by atomic mass is 10.0. The number of carboxylic acids is 1. The predicted octanol–water partition coefficient (Wildman–Crippen LogP) is 2.59. The van der Waals surface area contributed by atoms with Gasteiger partial charge in [0.25, 0.3) is 0 Å². The molecule has 1 aliphatic rings. The van der Waals surface area contributed by atoms with Crippen molar-refractivity contribution >= 4 is 17.3 Å². The number of hydrogen-bond acceptors (Lipinski definition) is 3. The molecule has 1 aliphatic heterocycles. The van der Waals surface area contributed by atoms with Gasteiger partial charge in [0.05, 0.1) is 11.3 Å². The molecule has 1 atom stereocenters. The van der Waals surface area contributed by atoms with Crippen molar-refractivity contribution in [2.24, 2.45) is 5.92 Å². The number of carbonyl (C=O) groups is 1. The fraction of sp³-hybridized carbons (Fsp3) is 0.500. The van der Waals surface area contributed by atoms with Crippen molar-refractivity contribution in [2.45, 2.75) is 26.2 Å². The molecule has 98 valence electrons. The van der Waals surface area contributed by atoms with E-state index in [1.807, 2.05) is 6.07 Å². The van der Waals surface area contributed by atoms with E-state index in [4.69, 9.17) is 5.73 Å². The van der Waals surface area contributed by atoms with Crippen LogP contribution in [0.2, 0.25) is 0 Å². The molecule has 1 heterocycles. The monoisotopic (exact) mass is 248 g/mol. The molecule has 0 spiro atoms. The van der Waals surface area contributed by atoms with E-state index in [-0.39, 0.29) is 0 Å². The van der Waals surface area contributed by atoms with Crippen LogP contribution in [-0.4, -0.2) is 24.2 Å². The molecule has 1 saturated heterocycles. The Morgan fingerprint density at radius 3 is 2.89 bits per heavy atom. The number of aromatic carboxylic acids is 1. The first kappa shape index (κ1) is 12.7. The maximum Gasteiger partial charge on any atom is 0.337 e. The number of rotatable bonds is 2. The van der Waals surface area contributed by atoms with Crippen molar-refractivity contribution in [3.8, 4) is 0 Å². The highest BCUT2D eigenvalue weighted by Gasteiger charge is 2.19. The second kappa shape index (κ2) is 5.29. The first-order valence-electron chi connectivity index (χ1n) is 6.45. The molecule has 18 heavy (non-hydrogen) atoms. The van der Waals surface area contributed by atoms with E-state index in [1.54, 1.807) is 12.1 Å². The Balaban J connectivity index is 2.29. The van der Waals surface area contributed by atoms with Crippen molar-refractivity contribution in [1.29, 1.82) is 0 Å². The van der Waals surface area contributed by atoms with Gasteiger partial charge in [0.15, 0.2) is 0 Å². The van der Waals surface area contributed by atoms with Crippen molar-refractivity contribution in [2.75, 3.05) is 23.7 Å². The van der Waals surface area contributed by atoms with E-state index >= 15 is 0 Å². The second-order valence-corrected chi connectivity index (χ2v) is 5.10. The van der Waals surface area contributed by atoms with Gasteiger partial charge in [0.2, 0.25) is 0 Å². The molecule has 1 aromatic carbocycles. The molecular formula is C14H20N2O2. The van der Waals surface area contributed by atoms with Crippen LogP contribution in [0.5, 0.6) is 0 Å². The molecule has 0 aromatic heterocycles. The van der Waals surface area contributed by atoms with Crippen LogP contribution in [0.15, 0.2) is 18.2 Å². The summed E-state index contributed by atoms with van der Waals surface area (Å²) in [6.07, 6.45) is 3.45. The zero-order valence-corrected chi connectivity index (χ0v) is 10.7. The highest BCUT2D eigenvalue weighted by molar-refractivity contribution is 5.95. The van der Waals surface area contributed by atoms with Crippen molar-refractivity contribution in [1.82, 2.24) is 0 Å². The third kappa shape index (κ3) is 2.75. The number of benzene rings is 1. The fourth-order valence-electron chi connectivity index (χ4n) is 2.50. The van der Waals surface area contributed by atoms with Crippen molar-refractivity contribution in [3.63, 3.8) is 0 Å². The van der Waals surface area contributed by atoms with E-state index in [9.17, 15) is 9.90 Å². The molecular weight excluding hydrogens is 228 g/mol. The van der Waals surface area contributed by atoms with Gasteiger partial charge in [-0.15, -0.1) is 0 Å². The Bertz CT molecular complexity index is 445. The maximum atomic E-state index is 11.3. The summed E-state index contributed by atoms with van der Waals surface area (Å²) < 4.78 is 0. The minimum Gasteiger partial charge on any atom is -0.478 e. The molecule has 1 fully saturated rings. The van der Waals surface area contributed by atoms with Crippen LogP contribution in [0.4, 0.5) is 11.4 Å². The SMILES string of the molecule is CC1CCCN(c2ccc(N)cc2C(=O)O)CC1. The molecule has 4 nitrogen and oxygen atoms in total. The molecule has 0 radical (unpaired) electrons. The first-order valence-corrected chi connectivity index (χ1v) is 6.45. The van der Waals surface area contributed by atoms with Gasteiger partial charge in [-0.25, -0.2) is 4.79 Å². The van der Waals surface area contributed by atoms with Crippen LogP contribution in [0.25, 0.3) is 0 Å². The van der Waals surface area contributed by atoms with E-state index < -0.39 is 5.97 Å². The first-order chi connectivity index (χ1) is 8.58. The molecule has 0 amide bonds. The summed E-state index contributed by atoms with van der Waals surface area (Å²) in [5.41, 5.74) is 7.27. The van der Waals surface area contributed by atoms with Gasteiger partial charge in [-0.2, -0.15) is 0 Å². The molecule has 1 unspecified atom stereocenters. The lowest BCUT2D eigenvalue weighted by Crippen LogP contribution is -2.26. The van der Waals surface area contributed by atoms with Crippen LogP contribution in [0.1, 0.15) is 36.5 Å². The highest BCUT2D eigenvalue weighted by Crippen LogP contribution is 2.27. The minimum absolute atomic E-state index is 0.310. The molecule has 1 aromatic rings. The van der Waals surface area contributed by atoms with Crippen molar-refractivity contribution < 1.29 is 9.90 Å². The maximum absolute atomic E-state index is 11.3. The smallest absolute Gasteiger partial charge is 0.337 e. The predicted molar refractivity (Wildman–Crippen MR) is 73.0 cm³/mol. The highest BCUT2D eigenvalue weighted by atomic mass is 16.4. The van der Waals surface area contributed by atoms with Gasteiger partial charge in [0, 0.05) is 18.8 Å². The van der Waals surface area contributed by atoms with Crippen LogP contribution < -0.4 is 10.6 Å². The summed E-state index contributed by atoms with van der Waals surface area (Å²) in [4.78, 5) is 13.5. The van der Waals surface area contributed by atoms with E-state index in [1.165, 1.54) is 6.42 Å². The summed E-state index contributed by atoms with van der Waals surface area (Å²) >= 11 is 0. The topological polar surface area (TPSA) is 66.6 Å². The summed E-state index contributed by atoms with van der Waals surface area (Å²) in [7, 11) is 0. The number of nitrogen functional groups attached to an aromatic ring is 1. The summed E-state index contributed by atoms with van der Waals surface area (Å²) in [6.45, 7) is 4.10. The molecule has 3 N–H and O–H groups in total. The lowest BCUT2D eigenvalue weighted by molar-refractivity contribution is 0.0697. The number of hydrogen-bond donors (Lipinski definition) is 2. The fourth-order valence-corrected chi connectivity index (χ4v) is 2.50.